The number of para-hydroxylation sites is 2. The van der Waals surface area contributed by atoms with Crippen LogP contribution in [0.5, 0.6) is 0 Å². The summed E-state index contributed by atoms with van der Waals surface area (Å²) in [6.45, 7) is 0. The van der Waals surface area contributed by atoms with E-state index in [0.717, 1.165) is 44.4 Å². The van der Waals surface area contributed by atoms with Crippen molar-refractivity contribution in [2.75, 3.05) is 0 Å². The van der Waals surface area contributed by atoms with Gasteiger partial charge in [0.2, 0.25) is 0 Å². The van der Waals surface area contributed by atoms with Crippen molar-refractivity contribution in [3.05, 3.63) is 121 Å². The van der Waals surface area contributed by atoms with Crippen molar-refractivity contribution in [1.29, 1.82) is 0 Å². The summed E-state index contributed by atoms with van der Waals surface area (Å²) in [5.74, 6) is 0.861. The zero-order valence-electron chi connectivity index (χ0n) is 21.6. The maximum Gasteiger partial charge on any atom is 0.136 e. The van der Waals surface area contributed by atoms with E-state index in [1.54, 1.807) is 11.3 Å². The van der Waals surface area contributed by atoms with Crippen LogP contribution in [-0.2, 0) is 0 Å². The zero-order chi connectivity index (χ0) is 26.9. The summed E-state index contributed by atoms with van der Waals surface area (Å²) in [5, 5.41) is 6.90. The largest absolute Gasteiger partial charge is 0.464 e. The fraction of sp³-hybridized carbons (Fsp3) is 0. The summed E-state index contributed by atoms with van der Waals surface area (Å²) < 4.78 is 15.2. The molecule has 4 aromatic carbocycles. The lowest BCUT2D eigenvalue weighted by Gasteiger charge is -2.11. The first-order valence-electron chi connectivity index (χ1n) is 13.4. The standard InChI is InChI=1S/C36H20O2S3/c1-4-11-26-21(8-1)18-28(38-26)24-15-16-31-34(33(24)25-20-37-27-12-5-3-10-23(25)27)35(30-14-7-17-39-30)36(41-31)32-19-22-9-2-6-13-29(22)40-32/h1-20H. The van der Waals surface area contributed by atoms with Gasteiger partial charge in [-0.2, -0.15) is 0 Å². The second kappa shape index (κ2) is 9.05. The predicted octanol–water partition coefficient (Wildman–Crippen LogP) is 12.3. The Kier molecular flexibility index (Phi) is 5.14. The molecule has 0 atom stereocenters. The highest BCUT2D eigenvalue weighted by molar-refractivity contribution is 7.29. The van der Waals surface area contributed by atoms with Gasteiger partial charge in [-0.25, -0.2) is 0 Å². The molecule has 2 nitrogen and oxygen atoms in total. The van der Waals surface area contributed by atoms with Gasteiger partial charge in [-0.15, -0.1) is 34.0 Å². The van der Waals surface area contributed by atoms with E-state index in [4.69, 9.17) is 8.83 Å². The molecule has 9 rings (SSSR count). The van der Waals surface area contributed by atoms with Gasteiger partial charge in [0.15, 0.2) is 0 Å². The molecular weight excluding hydrogens is 561 g/mol. The molecule has 0 aliphatic heterocycles. The van der Waals surface area contributed by atoms with Crippen molar-refractivity contribution in [3.63, 3.8) is 0 Å². The molecule has 0 N–H and O–H groups in total. The summed E-state index contributed by atoms with van der Waals surface area (Å²) in [4.78, 5) is 3.86. The second-order valence-corrected chi connectivity index (χ2v) is 13.2. The Morgan fingerprint density at radius 3 is 2.24 bits per heavy atom. The quantitative estimate of drug-likeness (QED) is 0.207. The van der Waals surface area contributed by atoms with E-state index < -0.39 is 0 Å². The molecule has 0 unspecified atom stereocenters. The SMILES string of the molecule is c1csc(-c2c(-c3cc4ccccc4s3)sc3ccc(-c4cc5ccccc5o4)c(-c4coc5ccccc45)c23)c1. The van der Waals surface area contributed by atoms with Crippen LogP contribution in [0, 0.1) is 0 Å². The van der Waals surface area contributed by atoms with Crippen molar-refractivity contribution in [3.8, 4) is 42.6 Å². The third-order valence-electron chi connectivity index (χ3n) is 7.71. The first-order chi connectivity index (χ1) is 20.3. The smallest absolute Gasteiger partial charge is 0.136 e. The Hall–Kier alpha value is -4.42. The van der Waals surface area contributed by atoms with Crippen molar-refractivity contribution in [2.24, 2.45) is 0 Å². The molecule has 0 aliphatic carbocycles. The number of fused-ring (bicyclic) bond motifs is 4. The van der Waals surface area contributed by atoms with Crippen LogP contribution in [0.15, 0.2) is 130 Å². The number of hydrogen-bond acceptors (Lipinski definition) is 5. The average Bonchev–Trinajstić information content (AvgIpc) is 3.84. The topological polar surface area (TPSA) is 26.3 Å². The fourth-order valence-electron chi connectivity index (χ4n) is 5.89. The summed E-state index contributed by atoms with van der Waals surface area (Å²) >= 11 is 5.53. The van der Waals surface area contributed by atoms with Crippen LogP contribution in [0.2, 0.25) is 0 Å². The van der Waals surface area contributed by atoms with Crippen molar-refractivity contribution < 1.29 is 8.83 Å². The van der Waals surface area contributed by atoms with Crippen molar-refractivity contribution in [1.82, 2.24) is 0 Å². The average molecular weight is 581 g/mol. The van der Waals surface area contributed by atoms with Crippen LogP contribution in [0.3, 0.4) is 0 Å². The first-order valence-corrected chi connectivity index (χ1v) is 15.9. The lowest BCUT2D eigenvalue weighted by atomic mass is 9.91. The van der Waals surface area contributed by atoms with E-state index in [0.29, 0.717) is 0 Å². The molecule has 0 saturated carbocycles. The summed E-state index contributed by atoms with van der Waals surface area (Å²) in [7, 11) is 0. The molecule has 0 saturated heterocycles. The predicted molar refractivity (Wildman–Crippen MR) is 176 cm³/mol. The summed E-state index contributed by atoms with van der Waals surface area (Å²) in [5.41, 5.74) is 6.36. The first kappa shape index (κ1) is 23.3. The third-order valence-corrected chi connectivity index (χ3v) is 11.1. The molecule has 0 radical (unpaired) electrons. The normalized spacial score (nSPS) is 11.9. The lowest BCUT2D eigenvalue weighted by molar-refractivity contribution is 0.617. The lowest BCUT2D eigenvalue weighted by Crippen LogP contribution is -1.86. The van der Waals surface area contributed by atoms with Crippen LogP contribution < -0.4 is 0 Å². The van der Waals surface area contributed by atoms with Gasteiger partial charge < -0.3 is 8.83 Å². The van der Waals surface area contributed by atoms with Crippen LogP contribution >= 0.6 is 34.0 Å². The van der Waals surface area contributed by atoms with E-state index >= 15 is 0 Å². The van der Waals surface area contributed by atoms with Gasteiger partial charge in [0.1, 0.15) is 16.9 Å². The number of hydrogen-bond donors (Lipinski definition) is 0. The van der Waals surface area contributed by atoms with Gasteiger partial charge >= 0.3 is 0 Å². The minimum Gasteiger partial charge on any atom is -0.464 e. The van der Waals surface area contributed by atoms with E-state index in [-0.39, 0.29) is 0 Å². The molecule has 9 aromatic rings. The van der Waals surface area contributed by atoms with Gasteiger partial charge in [-0.05, 0) is 59.3 Å². The minimum atomic E-state index is 0.861. The molecule has 0 amide bonds. The van der Waals surface area contributed by atoms with Crippen molar-refractivity contribution >= 4 is 76.1 Å². The van der Waals surface area contributed by atoms with Crippen LogP contribution in [0.25, 0.3) is 84.8 Å². The van der Waals surface area contributed by atoms with Crippen LogP contribution in [0.1, 0.15) is 0 Å². The second-order valence-electron chi connectivity index (χ2n) is 10.1. The zero-order valence-corrected chi connectivity index (χ0v) is 24.0. The van der Waals surface area contributed by atoms with Crippen molar-refractivity contribution in [2.45, 2.75) is 0 Å². The van der Waals surface area contributed by atoms with E-state index in [9.17, 15) is 0 Å². The number of rotatable bonds is 4. The van der Waals surface area contributed by atoms with Gasteiger partial charge in [-0.1, -0.05) is 60.7 Å². The summed E-state index contributed by atoms with van der Waals surface area (Å²) in [6, 6.07) is 38.6. The highest BCUT2D eigenvalue weighted by Crippen LogP contribution is 2.54. The Balaban J connectivity index is 1.43. The Morgan fingerprint density at radius 2 is 1.39 bits per heavy atom. The van der Waals surface area contributed by atoms with Crippen LogP contribution in [0.4, 0.5) is 0 Å². The number of benzene rings is 4. The van der Waals surface area contributed by atoms with Gasteiger partial charge in [0.05, 0.1) is 11.1 Å². The Labute approximate surface area is 247 Å². The molecule has 41 heavy (non-hydrogen) atoms. The Bertz CT molecular complexity index is 2310. The Morgan fingerprint density at radius 1 is 0.561 bits per heavy atom. The fourth-order valence-corrected chi connectivity index (χ4v) is 9.13. The molecule has 0 spiro atoms. The maximum atomic E-state index is 6.49. The molecule has 5 heteroatoms. The highest BCUT2D eigenvalue weighted by Gasteiger charge is 2.26. The molecule has 0 bridgehead atoms. The molecule has 0 aliphatic rings. The van der Waals surface area contributed by atoms with E-state index in [1.807, 2.05) is 53.2 Å². The van der Waals surface area contributed by atoms with Gasteiger partial charge in [0.25, 0.3) is 0 Å². The van der Waals surface area contributed by atoms with Gasteiger partial charge in [-0.3, -0.25) is 0 Å². The minimum absolute atomic E-state index is 0.861. The summed E-state index contributed by atoms with van der Waals surface area (Å²) in [6.07, 6.45) is 1.92. The highest BCUT2D eigenvalue weighted by atomic mass is 32.1. The van der Waals surface area contributed by atoms with Gasteiger partial charge in [0, 0.05) is 57.6 Å². The van der Waals surface area contributed by atoms with E-state index in [1.165, 1.54) is 40.4 Å². The molecular formula is C36H20O2S3. The molecule has 5 aromatic heterocycles. The third kappa shape index (κ3) is 3.60. The van der Waals surface area contributed by atoms with Crippen LogP contribution in [-0.4, -0.2) is 0 Å². The molecule has 5 heterocycles. The molecule has 0 fully saturated rings. The number of furan rings is 2. The monoisotopic (exact) mass is 580 g/mol. The maximum absolute atomic E-state index is 6.49. The number of thiophene rings is 3. The van der Waals surface area contributed by atoms with E-state index in [2.05, 4.69) is 90.3 Å². The molecule has 194 valence electrons.